The number of alkyl halides is 6. The number of fused-ring (bicyclic) bond motifs is 2. The van der Waals surface area contributed by atoms with Crippen LogP contribution in [0, 0.1) is 0 Å². The first kappa shape index (κ1) is 45.6. The molecule has 2 fully saturated rings. The molecule has 0 unspecified atom stereocenters. The van der Waals surface area contributed by atoms with E-state index in [0.717, 1.165) is 25.7 Å². The van der Waals surface area contributed by atoms with Gasteiger partial charge in [-0.3, -0.25) is 14.4 Å². The molecule has 0 radical (unpaired) electrons. The maximum absolute atomic E-state index is 13.8. The van der Waals surface area contributed by atoms with Crippen molar-refractivity contribution >= 4 is 40.9 Å². The summed E-state index contributed by atoms with van der Waals surface area (Å²) < 4.78 is 95.3. The van der Waals surface area contributed by atoms with Crippen molar-refractivity contribution in [3.8, 4) is 0 Å². The number of carbonyl (C=O) groups excluding carboxylic acids is 3. The summed E-state index contributed by atoms with van der Waals surface area (Å²) in [6, 6.07) is 14.0. The number of carbonyl (C=O) groups is 3. The van der Waals surface area contributed by atoms with Crippen molar-refractivity contribution in [1.82, 2.24) is 20.0 Å². The maximum Gasteiger partial charge on any atom is 0.416 e. The van der Waals surface area contributed by atoms with E-state index >= 15 is 0 Å². The summed E-state index contributed by atoms with van der Waals surface area (Å²) in [5.74, 6) is -1.21. The van der Waals surface area contributed by atoms with Crippen LogP contribution in [0.5, 0.6) is 0 Å². The summed E-state index contributed by atoms with van der Waals surface area (Å²) in [4.78, 5) is 43.2. The second kappa shape index (κ2) is 18.6. The number of rotatable bonds is 13. The van der Waals surface area contributed by atoms with Crippen LogP contribution in [0.1, 0.15) is 77.2 Å². The highest BCUT2D eigenvalue weighted by atomic mass is 35.5. The molecule has 3 aromatic rings. The molecular weight excluding hydrogens is 837 g/mol. The van der Waals surface area contributed by atoms with Gasteiger partial charge in [0.2, 0.25) is 11.8 Å². The fraction of sp³-hybridized carbons (Fsp3) is 0.512. The Balaban J connectivity index is 1.16. The molecule has 3 amide bonds. The Morgan fingerprint density at radius 3 is 2.25 bits per heavy atom. The lowest BCUT2D eigenvalue weighted by atomic mass is 9.72. The minimum atomic E-state index is -5.12. The number of ether oxygens (including phenoxy) is 2. The van der Waals surface area contributed by atoms with Crippen LogP contribution in [0.15, 0.2) is 60.7 Å². The average Bonchev–Trinajstić information content (AvgIpc) is 3.51. The quantitative estimate of drug-likeness (QED) is 0.138. The van der Waals surface area contributed by atoms with Gasteiger partial charge in [-0.15, -0.1) is 0 Å². The number of amides is 3. The van der Waals surface area contributed by atoms with Crippen molar-refractivity contribution < 1.29 is 50.2 Å². The van der Waals surface area contributed by atoms with Gasteiger partial charge in [-0.05, 0) is 98.6 Å². The van der Waals surface area contributed by atoms with E-state index in [2.05, 4.69) is 22.3 Å². The van der Waals surface area contributed by atoms with Crippen molar-refractivity contribution in [1.29, 1.82) is 0 Å². The number of nitrogens with one attached hydrogen (secondary N) is 1. The van der Waals surface area contributed by atoms with Gasteiger partial charge in [0, 0.05) is 51.1 Å². The standard InChI is InChI=1S/C43H48Cl2F6N4O5/c1-28(56)52-14-5-6-15-53(2)38(57)26-59-37-23-29-7-3-4-8-34(29)40(37)11-16-54(17-12-40)18-13-41(31-9-10-35(44)36(45)25-31)27-55(19-20-60-41)39(58)30-21-32(42(46,47)48)24-33(22-30)43(49,50)51/h3-4,7-10,21-22,24-25,37H,5-6,11-20,23,26-27H2,1-2H3,(H,52,56)/t37-,41-/m0/s1. The van der Waals surface area contributed by atoms with Crippen LogP contribution in [0.4, 0.5) is 26.3 Å². The van der Waals surface area contributed by atoms with E-state index in [-0.39, 0.29) is 65.7 Å². The Labute approximate surface area is 355 Å². The molecule has 3 aromatic carbocycles. The number of nitrogens with zero attached hydrogens (tertiary/aromatic N) is 3. The topological polar surface area (TPSA) is 91.4 Å². The van der Waals surface area contributed by atoms with Gasteiger partial charge in [-0.25, -0.2) is 0 Å². The molecule has 3 aliphatic rings. The van der Waals surface area contributed by atoms with E-state index in [1.807, 2.05) is 12.1 Å². The van der Waals surface area contributed by atoms with Crippen molar-refractivity contribution in [2.45, 2.75) is 74.9 Å². The fourth-order valence-corrected chi connectivity index (χ4v) is 8.99. The van der Waals surface area contributed by atoms with Gasteiger partial charge >= 0.3 is 12.4 Å². The molecule has 2 saturated heterocycles. The van der Waals surface area contributed by atoms with E-state index in [1.165, 1.54) is 23.0 Å². The van der Waals surface area contributed by atoms with Crippen LogP contribution in [-0.2, 0) is 48.9 Å². The Hall–Kier alpha value is -3.89. The van der Waals surface area contributed by atoms with E-state index < -0.39 is 40.6 Å². The lowest BCUT2D eigenvalue weighted by Crippen LogP contribution is -2.54. The van der Waals surface area contributed by atoms with Crippen LogP contribution in [0.25, 0.3) is 0 Å². The van der Waals surface area contributed by atoms with Crippen molar-refractivity contribution in [2.24, 2.45) is 0 Å². The fourth-order valence-electron chi connectivity index (χ4n) is 8.69. The third-order valence-corrected chi connectivity index (χ3v) is 12.8. The molecule has 6 rings (SSSR count). The molecule has 0 bridgehead atoms. The van der Waals surface area contributed by atoms with E-state index in [0.29, 0.717) is 63.3 Å². The van der Waals surface area contributed by atoms with Crippen molar-refractivity contribution in [2.75, 3.05) is 66.1 Å². The lowest BCUT2D eigenvalue weighted by molar-refractivity contribution is -0.143. The number of halogens is 8. The Kier molecular flexibility index (Phi) is 14.2. The molecule has 326 valence electrons. The minimum Gasteiger partial charge on any atom is -0.367 e. The predicted octanol–water partition coefficient (Wildman–Crippen LogP) is 8.14. The van der Waals surface area contributed by atoms with Crippen molar-refractivity contribution in [3.05, 3.63) is 104 Å². The summed E-state index contributed by atoms with van der Waals surface area (Å²) in [5.41, 5.74) is -2.51. The third kappa shape index (κ3) is 10.4. The first-order valence-corrected chi connectivity index (χ1v) is 20.7. The highest BCUT2D eigenvalue weighted by molar-refractivity contribution is 6.42. The van der Waals surface area contributed by atoms with Gasteiger partial charge in [0.15, 0.2) is 0 Å². The highest BCUT2D eigenvalue weighted by Crippen LogP contribution is 2.48. The zero-order valence-corrected chi connectivity index (χ0v) is 34.9. The molecule has 1 spiro atoms. The number of morpholine rings is 1. The number of likely N-dealkylation sites (tertiary alicyclic amines) is 1. The first-order valence-electron chi connectivity index (χ1n) is 19.9. The average molecular weight is 886 g/mol. The van der Waals surface area contributed by atoms with Gasteiger partial charge in [-0.2, -0.15) is 26.3 Å². The lowest BCUT2D eigenvalue weighted by Gasteiger charge is -2.46. The Morgan fingerprint density at radius 2 is 1.60 bits per heavy atom. The summed E-state index contributed by atoms with van der Waals surface area (Å²) in [5, 5.41) is 3.24. The molecule has 60 heavy (non-hydrogen) atoms. The largest absolute Gasteiger partial charge is 0.416 e. The van der Waals surface area contributed by atoms with Gasteiger partial charge in [0.05, 0.1) is 40.4 Å². The molecule has 1 N–H and O–H groups in total. The second-order valence-electron chi connectivity index (χ2n) is 15.9. The third-order valence-electron chi connectivity index (χ3n) is 12.0. The number of likely N-dealkylation sites (N-methyl/N-ethyl adjacent to an activating group) is 1. The molecule has 0 aromatic heterocycles. The molecular formula is C43H48Cl2F6N4O5. The number of hydrogen-bond donors (Lipinski definition) is 1. The maximum atomic E-state index is 13.8. The minimum absolute atomic E-state index is 0.00269. The smallest absolute Gasteiger partial charge is 0.367 e. The molecule has 17 heteroatoms. The number of unbranched alkanes of at least 4 members (excludes halogenated alkanes) is 1. The highest BCUT2D eigenvalue weighted by Gasteiger charge is 2.50. The van der Waals surface area contributed by atoms with Crippen LogP contribution < -0.4 is 5.32 Å². The predicted molar refractivity (Wildman–Crippen MR) is 214 cm³/mol. The molecule has 2 heterocycles. The Bertz CT molecular complexity index is 2010. The zero-order valence-electron chi connectivity index (χ0n) is 33.4. The second-order valence-corrected chi connectivity index (χ2v) is 16.7. The monoisotopic (exact) mass is 884 g/mol. The zero-order chi connectivity index (χ0) is 43.5. The van der Waals surface area contributed by atoms with E-state index in [1.54, 1.807) is 30.1 Å². The molecule has 2 aliphatic heterocycles. The van der Waals surface area contributed by atoms with Gasteiger partial charge in [0.25, 0.3) is 5.91 Å². The summed E-state index contributed by atoms with van der Waals surface area (Å²) in [6.45, 7) is 3.99. The summed E-state index contributed by atoms with van der Waals surface area (Å²) in [6.07, 6.45) is -6.55. The van der Waals surface area contributed by atoms with Crippen LogP contribution in [0.2, 0.25) is 10.0 Å². The summed E-state index contributed by atoms with van der Waals surface area (Å²) in [7, 11) is 1.74. The first-order chi connectivity index (χ1) is 28.3. The van der Waals surface area contributed by atoms with Crippen LogP contribution in [0.3, 0.4) is 0 Å². The number of hydrogen-bond acceptors (Lipinski definition) is 6. The molecule has 9 nitrogen and oxygen atoms in total. The number of benzene rings is 3. The van der Waals surface area contributed by atoms with E-state index in [4.69, 9.17) is 32.7 Å². The van der Waals surface area contributed by atoms with Crippen LogP contribution >= 0.6 is 23.2 Å². The van der Waals surface area contributed by atoms with Crippen molar-refractivity contribution in [3.63, 3.8) is 0 Å². The van der Waals surface area contributed by atoms with E-state index in [9.17, 15) is 40.7 Å². The Morgan fingerprint density at radius 1 is 0.917 bits per heavy atom. The SMILES string of the molecule is CC(=O)NCCCCN(C)C(=O)CO[C@H]1Cc2ccccc2C12CCN(CC[C@@]1(c3ccc(Cl)c(Cl)c3)CN(C(=O)c3cc(C(F)(F)F)cc(C(F)(F)F)c3)CCO1)CC2. The summed E-state index contributed by atoms with van der Waals surface area (Å²) >= 11 is 12.7. The molecule has 1 aliphatic carbocycles. The van der Waals surface area contributed by atoms with Gasteiger partial charge < -0.3 is 29.5 Å². The molecule has 2 atom stereocenters. The van der Waals surface area contributed by atoms with Gasteiger partial charge in [0.1, 0.15) is 12.2 Å². The molecule has 0 saturated carbocycles. The number of piperidine rings is 1. The van der Waals surface area contributed by atoms with Gasteiger partial charge in [-0.1, -0.05) is 53.5 Å². The van der Waals surface area contributed by atoms with Crippen LogP contribution in [-0.4, -0.2) is 105 Å². The normalized spacial score (nSPS) is 20.6.